The lowest BCUT2D eigenvalue weighted by Crippen LogP contribution is -2.33. The second-order valence-corrected chi connectivity index (χ2v) is 9.59. The number of amides is 1. The van der Waals surface area contributed by atoms with Crippen molar-refractivity contribution in [3.05, 3.63) is 77.1 Å². The Morgan fingerprint density at radius 1 is 1.03 bits per heavy atom. The maximum Gasteiger partial charge on any atom is 0.276 e. The third-order valence-electron chi connectivity index (χ3n) is 7.78. The number of rotatable bonds is 4. The Bertz CT molecular complexity index is 1190. The summed E-state index contributed by atoms with van der Waals surface area (Å²) >= 11 is 0. The largest absolute Gasteiger partial charge is 0.321 e. The second-order valence-electron chi connectivity index (χ2n) is 9.59. The van der Waals surface area contributed by atoms with Crippen LogP contribution in [0.4, 0.5) is 5.69 Å². The summed E-state index contributed by atoms with van der Waals surface area (Å²) in [6.07, 6.45) is 2.17. The number of carbonyl (C=O) groups is 2. The van der Waals surface area contributed by atoms with Gasteiger partial charge < -0.3 is 5.32 Å². The second kappa shape index (κ2) is 6.64. The Balaban J connectivity index is 1.59. The van der Waals surface area contributed by atoms with Crippen LogP contribution < -0.4 is 5.32 Å². The van der Waals surface area contributed by atoms with Crippen molar-refractivity contribution in [3.63, 3.8) is 0 Å². The van der Waals surface area contributed by atoms with Crippen LogP contribution in [-0.2, 0) is 5.41 Å². The monoisotopic (exact) mass is 413 g/mol. The van der Waals surface area contributed by atoms with E-state index in [4.69, 9.17) is 5.10 Å². The molecule has 2 unspecified atom stereocenters. The van der Waals surface area contributed by atoms with E-state index in [0.717, 1.165) is 24.1 Å². The Morgan fingerprint density at radius 3 is 2.35 bits per heavy atom. The van der Waals surface area contributed by atoms with E-state index in [1.54, 1.807) is 24.3 Å². The summed E-state index contributed by atoms with van der Waals surface area (Å²) in [5.74, 6) is 0.114. The molecule has 158 valence electrons. The maximum absolute atomic E-state index is 13.4. The molecule has 0 radical (unpaired) electrons. The van der Waals surface area contributed by atoms with Crippen LogP contribution in [0.2, 0.25) is 0 Å². The van der Waals surface area contributed by atoms with E-state index in [1.165, 1.54) is 12.6 Å². The summed E-state index contributed by atoms with van der Waals surface area (Å²) in [4.78, 5) is 24.9. The summed E-state index contributed by atoms with van der Waals surface area (Å²) in [5, 5.41) is 7.84. The third-order valence-corrected chi connectivity index (χ3v) is 7.78. The number of nitrogens with one attached hydrogen (secondary N) is 1. The SMILES string of the molecule is CC(=O)c1ccc(NC(=O)c2nn(-c3ccccc3)c3c2C2CCC3(C)C2(C)C)cc1. The summed E-state index contributed by atoms with van der Waals surface area (Å²) in [6.45, 7) is 8.50. The zero-order chi connectivity index (χ0) is 22.0. The summed E-state index contributed by atoms with van der Waals surface area (Å²) in [5.41, 5.74) is 5.08. The molecule has 1 N–H and O–H groups in total. The first-order valence-electron chi connectivity index (χ1n) is 10.9. The number of fused-ring (bicyclic) bond motifs is 5. The van der Waals surface area contributed by atoms with E-state index in [0.29, 0.717) is 22.9 Å². The van der Waals surface area contributed by atoms with Crippen molar-refractivity contribution in [1.82, 2.24) is 9.78 Å². The van der Waals surface area contributed by atoms with Gasteiger partial charge in [-0.05, 0) is 67.5 Å². The highest BCUT2D eigenvalue weighted by Crippen LogP contribution is 2.68. The summed E-state index contributed by atoms with van der Waals surface area (Å²) < 4.78 is 1.99. The number of hydrogen-bond acceptors (Lipinski definition) is 3. The quantitative estimate of drug-likeness (QED) is 0.574. The van der Waals surface area contributed by atoms with Crippen molar-refractivity contribution in [3.8, 4) is 5.69 Å². The number of aromatic nitrogens is 2. The first-order valence-corrected chi connectivity index (χ1v) is 10.9. The number of benzene rings is 2. The van der Waals surface area contributed by atoms with Gasteiger partial charge in [-0.2, -0.15) is 5.10 Å². The molecule has 1 fully saturated rings. The van der Waals surface area contributed by atoms with Crippen LogP contribution in [0.15, 0.2) is 54.6 Å². The number of para-hydroxylation sites is 1. The molecule has 5 nitrogen and oxygen atoms in total. The van der Waals surface area contributed by atoms with E-state index < -0.39 is 0 Å². The molecule has 2 aliphatic carbocycles. The van der Waals surface area contributed by atoms with Crippen molar-refractivity contribution in [2.24, 2.45) is 5.41 Å². The van der Waals surface area contributed by atoms with Crippen molar-refractivity contribution in [2.45, 2.75) is 51.9 Å². The highest BCUT2D eigenvalue weighted by Gasteiger charge is 2.63. The van der Waals surface area contributed by atoms with Crippen molar-refractivity contribution >= 4 is 17.4 Å². The molecule has 1 aromatic heterocycles. The first kappa shape index (κ1) is 19.7. The van der Waals surface area contributed by atoms with Crippen molar-refractivity contribution < 1.29 is 9.59 Å². The molecule has 1 amide bonds. The molecular formula is C26H27N3O2. The summed E-state index contributed by atoms with van der Waals surface area (Å²) in [7, 11) is 0. The van der Waals surface area contributed by atoms with Gasteiger partial charge in [0.05, 0.1) is 11.4 Å². The van der Waals surface area contributed by atoms with Gasteiger partial charge in [-0.25, -0.2) is 4.68 Å². The van der Waals surface area contributed by atoms with Gasteiger partial charge in [0, 0.05) is 22.2 Å². The molecule has 5 heteroatoms. The van der Waals surface area contributed by atoms with Gasteiger partial charge in [0.25, 0.3) is 5.91 Å². The molecule has 0 spiro atoms. The van der Waals surface area contributed by atoms with Crippen LogP contribution in [0.3, 0.4) is 0 Å². The van der Waals surface area contributed by atoms with Crippen molar-refractivity contribution in [1.29, 1.82) is 0 Å². The standard InChI is InChI=1S/C26H27N3O2/c1-16(30)17-10-12-18(13-11-17)27-24(31)22-21-20-14-15-26(4,25(20,2)3)23(21)29(28-22)19-8-6-5-7-9-19/h5-13,20H,14-15H2,1-4H3,(H,27,31). The molecule has 5 rings (SSSR count). The zero-order valence-electron chi connectivity index (χ0n) is 18.4. The van der Waals surface area contributed by atoms with E-state index in [2.05, 4.69) is 26.1 Å². The maximum atomic E-state index is 13.4. The van der Waals surface area contributed by atoms with E-state index in [-0.39, 0.29) is 22.5 Å². The van der Waals surface area contributed by atoms with Crippen LogP contribution in [0, 0.1) is 5.41 Å². The fourth-order valence-electron chi connectivity index (χ4n) is 5.62. The molecule has 2 aromatic carbocycles. The predicted molar refractivity (Wildman–Crippen MR) is 121 cm³/mol. The lowest BCUT2D eigenvalue weighted by Gasteiger charge is -2.35. The fraction of sp³-hybridized carbons (Fsp3) is 0.346. The van der Waals surface area contributed by atoms with E-state index in [1.807, 2.05) is 35.0 Å². The summed E-state index contributed by atoms with van der Waals surface area (Å²) in [6, 6.07) is 17.1. The molecular weight excluding hydrogens is 386 g/mol. The zero-order valence-corrected chi connectivity index (χ0v) is 18.4. The molecule has 31 heavy (non-hydrogen) atoms. The topological polar surface area (TPSA) is 64.0 Å². The van der Waals surface area contributed by atoms with E-state index in [9.17, 15) is 9.59 Å². The van der Waals surface area contributed by atoms with Gasteiger partial charge in [-0.1, -0.05) is 39.0 Å². The van der Waals surface area contributed by atoms with Gasteiger partial charge in [-0.15, -0.1) is 0 Å². The van der Waals surface area contributed by atoms with Gasteiger partial charge in [0.1, 0.15) is 0 Å². The van der Waals surface area contributed by atoms with Gasteiger partial charge >= 0.3 is 0 Å². The molecule has 2 aliphatic rings. The molecule has 3 aromatic rings. The van der Waals surface area contributed by atoms with Crippen molar-refractivity contribution in [2.75, 3.05) is 5.32 Å². The number of carbonyl (C=O) groups excluding carboxylic acids is 2. The Labute approximate surface area is 182 Å². The molecule has 2 bridgehead atoms. The highest BCUT2D eigenvalue weighted by molar-refractivity contribution is 6.05. The third kappa shape index (κ3) is 2.72. The molecule has 2 atom stereocenters. The van der Waals surface area contributed by atoms with E-state index >= 15 is 0 Å². The smallest absolute Gasteiger partial charge is 0.276 e. The Morgan fingerprint density at radius 2 is 1.71 bits per heavy atom. The average Bonchev–Trinajstić information content (AvgIpc) is 3.31. The highest BCUT2D eigenvalue weighted by atomic mass is 16.2. The normalized spacial score (nSPS) is 22.9. The Kier molecular flexibility index (Phi) is 4.23. The van der Waals surface area contributed by atoms with Gasteiger partial charge in [0.15, 0.2) is 11.5 Å². The van der Waals surface area contributed by atoms with Gasteiger partial charge in [-0.3, -0.25) is 9.59 Å². The molecule has 1 heterocycles. The number of Topliss-reactive ketones (excluding diaryl/α,β-unsaturated/α-hetero) is 1. The van der Waals surface area contributed by atoms with Crippen LogP contribution in [0.25, 0.3) is 5.69 Å². The minimum atomic E-state index is -0.201. The fourth-order valence-corrected chi connectivity index (χ4v) is 5.62. The van der Waals surface area contributed by atoms with Crippen LogP contribution in [0.1, 0.15) is 78.6 Å². The number of nitrogens with zero attached hydrogens (tertiary/aromatic N) is 2. The number of ketones is 1. The lowest BCUT2D eigenvalue weighted by molar-refractivity contribution is 0.101. The van der Waals surface area contributed by atoms with Gasteiger partial charge in [0.2, 0.25) is 0 Å². The minimum absolute atomic E-state index is 0.00352. The molecule has 0 aliphatic heterocycles. The number of hydrogen-bond donors (Lipinski definition) is 1. The number of anilines is 1. The van der Waals surface area contributed by atoms with Crippen LogP contribution in [0.5, 0.6) is 0 Å². The predicted octanol–water partition coefficient (Wildman–Crippen LogP) is 5.50. The average molecular weight is 414 g/mol. The molecule has 0 saturated heterocycles. The minimum Gasteiger partial charge on any atom is -0.321 e. The van der Waals surface area contributed by atoms with Crippen LogP contribution >= 0.6 is 0 Å². The Hall–Kier alpha value is -3.21. The van der Waals surface area contributed by atoms with Crippen LogP contribution in [-0.4, -0.2) is 21.5 Å². The molecule has 1 saturated carbocycles. The lowest BCUT2D eigenvalue weighted by atomic mass is 9.70. The first-order chi connectivity index (χ1) is 14.7.